The standard InChI is InChI=1S/C10H8Cl2F3NO3S/c1-5-7(11)2-6(3-8(5)20(12,18)19)9(17)16-4-10(13,14)15/h2-3H,4H2,1H3,(H,16,17). The Labute approximate surface area is 122 Å². The van der Waals surface area contributed by atoms with Gasteiger partial charge in [0, 0.05) is 21.3 Å². The third-order valence-electron chi connectivity index (χ3n) is 2.27. The average molecular weight is 350 g/mol. The molecule has 0 aromatic heterocycles. The summed E-state index contributed by atoms with van der Waals surface area (Å²) in [6.07, 6.45) is -4.58. The lowest BCUT2D eigenvalue weighted by molar-refractivity contribution is -0.123. The van der Waals surface area contributed by atoms with Gasteiger partial charge in [-0.25, -0.2) is 8.42 Å². The van der Waals surface area contributed by atoms with Crippen LogP contribution < -0.4 is 5.32 Å². The molecular formula is C10H8Cl2F3NO3S. The van der Waals surface area contributed by atoms with E-state index in [1.807, 2.05) is 0 Å². The van der Waals surface area contributed by atoms with Gasteiger partial charge in [-0.2, -0.15) is 13.2 Å². The Morgan fingerprint density at radius 3 is 2.35 bits per heavy atom. The van der Waals surface area contributed by atoms with Crippen LogP contribution in [-0.2, 0) is 9.05 Å². The quantitative estimate of drug-likeness (QED) is 0.853. The summed E-state index contributed by atoms with van der Waals surface area (Å²) < 4.78 is 58.5. The number of carbonyl (C=O) groups is 1. The Morgan fingerprint density at radius 1 is 1.35 bits per heavy atom. The average Bonchev–Trinajstić information content (AvgIpc) is 2.26. The number of amides is 1. The van der Waals surface area contributed by atoms with Gasteiger partial charge in [-0.15, -0.1) is 0 Å². The highest BCUT2D eigenvalue weighted by atomic mass is 35.7. The lowest BCUT2D eigenvalue weighted by Gasteiger charge is -2.11. The lowest BCUT2D eigenvalue weighted by Crippen LogP contribution is -2.33. The number of carbonyl (C=O) groups excluding carboxylic acids is 1. The fourth-order valence-corrected chi connectivity index (χ4v) is 2.82. The van der Waals surface area contributed by atoms with Gasteiger partial charge in [0.15, 0.2) is 0 Å². The molecule has 1 rings (SSSR count). The molecule has 20 heavy (non-hydrogen) atoms. The molecule has 0 fully saturated rings. The van der Waals surface area contributed by atoms with Crippen molar-refractivity contribution in [3.63, 3.8) is 0 Å². The molecule has 0 aliphatic carbocycles. The van der Waals surface area contributed by atoms with Crippen molar-refractivity contribution in [3.8, 4) is 0 Å². The molecule has 1 aromatic carbocycles. The topological polar surface area (TPSA) is 63.2 Å². The van der Waals surface area contributed by atoms with Crippen molar-refractivity contribution in [2.24, 2.45) is 0 Å². The van der Waals surface area contributed by atoms with Crippen molar-refractivity contribution in [2.45, 2.75) is 18.0 Å². The van der Waals surface area contributed by atoms with E-state index < -0.39 is 32.6 Å². The molecule has 0 unspecified atom stereocenters. The van der Waals surface area contributed by atoms with E-state index in [0.717, 1.165) is 12.1 Å². The lowest BCUT2D eigenvalue weighted by atomic mass is 10.1. The summed E-state index contributed by atoms with van der Waals surface area (Å²) >= 11 is 5.73. The van der Waals surface area contributed by atoms with Gasteiger partial charge in [0.05, 0.1) is 4.90 Å². The molecule has 0 aliphatic heterocycles. The SMILES string of the molecule is Cc1c(Cl)cc(C(=O)NCC(F)(F)F)cc1S(=O)(=O)Cl. The fraction of sp³-hybridized carbons (Fsp3) is 0.300. The van der Waals surface area contributed by atoms with Gasteiger partial charge in [-0.1, -0.05) is 11.6 Å². The maximum Gasteiger partial charge on any atom is 0.405 e. The van der Waals surface area contributed by atoms with Crippen molar-refractivity contribution >= 4 is 37.2 Å². The van der Waals surface area contributed by atoms with E-state index >= 15 is 0 Å². The normalized spacial score (nSPS) is 12.3. The van der Waals surface area contributed by atoms with E-state index in [-0.39, 0.29) is 16.1 Å². The molecule has 0 heterocycles. The monoisotopic (exact) mass is 349 g/mol. The molecule has 0 bridgehead atoms. The zero-order chi connectivity index (χ0) is 15.7. The van der Waals surface area contributed by atoms with Crippen LogP contribution in [0.1, 0.15) is 15.9 Å². The molecular weight excluding hydrogens is 342 g/mol. The van der Waals surface area contributed by atoms with Crippen LogP contribution in [0.2, 0.25) is 5.02 Å². The number of hydrogen-bond acceptors (Lipinski definition) is 3. The van der Waals surface area contributed by atoms with Gasteiger partial charge >= 0.3 is 6.18 Å². The minimum absolute atomic E-state index is 0.0936. The molecule has 4 nitrogen and oxygen atoms in total. The third-order valence-corrected chi connectivity index (χ3v) is 4.11. The summed E-state index contributed by atoms with van der Waals surface area (Å²) in [5.41, 5.74) is -0.224. The van der Waals surface area contributed by atoms with E-state index in [1.165, 1.54) is 6.92 Å². The molecule has 112 valence electrons. The smallest absolute Gasteiger partial charge is 0.343 e. The second kappa shape index (κ2) is 5.79. The van der Waals surface area contributed by atoms with Crippen molar-refractivity contribution in [2.75, 3.05) is 6.54 Å². The number of halogens is 5. The minimum atomic E-state index is -4.58. The Kier molecular flexibility index (Phi) is 4.94. The maximum atomic E-state index is 12.0. The highest BCUT2D eigenvalue weighted by molar-refractivity contribution is 8.13. The molecule has 0 radical (unpaired) electrons. The zero-order valence-electron chi connectivity index (χ0n) is 9.88. The van der Waals surface area contributed by atoms with Crippen molar-refractivity contribution in [1.29, 1.82) is 0 Å². The van der Waals surface area contributed by atoms with Crippen LogP contribution in [0.4, 0.5) is 13.2 Å². The van der Waals surface area contributed by atoms with E-state index in [1.54, 1.807) is 5.32 Å². The van der Waals surface area contributed by atoms with Crippen LogP contribution in [0.25, 0.3) is 0 Å². The van der Waals surface area contributed by atoms with E-state index in [2.05, 4.69) is 0 Å². The highest BCUT2D eigenvalue weighted by Gasteiger charge is 2.28. The molecule has 0 saturated carbocycles. The number of nitrogens with one attached hydrogen (secondary N) is 1. The van der Waals surface area contributed by atoms with Gasteiger partial charge in [0.2, 0.25) is 0 Å². The fourth-order valence-electron chi connectivity index (χ4n) is 1.32. The molecule has 10 heteroatoms. The third kappa shape index (κ3) is 4.53. The first-order chi connectivity index (χ1) is 8.92. The van der Waals surface area contributed by atoms with Crippen molar-refractivity contribution in [3.05, 3.63) is 28.3 Å². The van der Waals surface area contributed by atoms with Gasteiger partial charge in [-0.3, -0.25) is 4.79 Å². The first-order valence-corrected chi connectivity index (χ1v) is 7.70. The Morgan fingerprint density at radius 2 is 1.90 bits per heavy atom. The molecule has 1 amide bonds. The van der Waals surface area contributed by atoms with E-state index in [9.17, 15) is 26.4 Å². The van der Waals surface area contributed by atoms with Crippen LogP contribution in [0.5, 0.6) is 0 Å². The van der Waals surface area contributed by atoms with Crippen LogP contribution in [0.3, 0.4) is 0 Å². The second-order valence-electron chi connectivity index (χ2n) is 3.82. The zero-order valence-corrected chi connectivity index (χ0v) is 12.2. The predicted octanol–water partition coefficient (Wildman–Crippen LogP) is 2.87. The first-order valence-electron chi connectivity index (χ1n) is 5.01. The Balaban J connectivity index is 3.15. The molecule has 0 atom stereocenters. The summed E-state index contributed by atoms with van der Waals surface area (Å²) in [5, 5.41) is 1.51. The van der Waals surface area contributed by atoms with Crippen molar-refractivity contribution in [1.82, 2.24) is 5.32 Å². The number of hydrogen-bond donors (Lipinski definition) is 1. The Hall–Kier alpha value is -0.990. The largest absolute Gasteiger partial charge is 0.405 e. The first kappa shape index (κ1) is 17.1. The Bertz CT molecular complexity index is 644. The molecule has 0 saturated heterocycles. The number of rotatable bonds is 3. The molecule has 1 N–H and O–H groups in total. The summed E-state index contributed by atoms with van der Waals surface area (Å²) in [6.45, 7) is -0.185. The minimum Gasteiger partial charge on any atom is -0.343 e. The maximum absolute atomic E-state index is 12.0. The van der Waals surface area contributed by atoms with Crippen molar-refractivity contribution < 1.29 is 26.4 Å². The summed E-state index contributed by atoms with van der Waals surface area (Å²) in [6, 6.07) is 1.93. The molecule has 0 aliphatic rings. The van der Waals surface area contributed by atoms with Crippen LogP contribution in [0.15, 0.2) is 17.0 Å². The van der Waals surface area contributed by atoms with Gasteiger partial charge in [-0.05, 0) is 24.6 Å². The van der Waals surface area contributed by atoms with Gasteiger partial charge in [0.25, 0.3) is 15.0 Å². The summed E-state index contributed by atoms with van der Waals surface area (Å²) in [5.74, 6) is -1.11. The summed E-state index contributed by atoms with van der Waals surface area (Å²) in [7, 11) is 0.994. The molecule has 0 spiro atoms. The number of benzene rings is 1. The van der Waals surface area contributed by atoms with Crippen LogP contribution >= 0.6 is 22.3 Å². The predicted molar refractivity (Wildman–Crippen MR) is 67.6 cm³/mol. The molecule has 1 aromatic rings. The van der Waals surface area contributed by atoms with E-state index in [0.29, 0.717) is 0 Å². The van der Waals surface area contributed by atoms with Gasteiger partial charge in [0.1, 0.15) is 6.54 Å². The van der Waals surface area contributed by atoms with Crippen LogP contribution in [0, 0.1) is 6.92 Å². The van der Waals surface area contributed by atoms with E-state index in [4.69, 9.17) is 22.3 Å². The summed E-state index contributed by atoms with van der Waals surface area (Å²) in [4.78, 5) is 11.1. The van der Waals surface area contributed by atoms with Gasteiger partial charge < -0.3 is 5.32 Å². The highest BCUT2D eigenvalue weighted by Crippen LogP contribution is 2.27. The second-order valence-corrected chi connectivity index (χ2v) is 6.76. The number of alkyl halides is 3. The van der Waals surface area contributed by atoms with Crippen LogP contribution in [-0.4, -0.2) is 27.0 Å².